The summed E-state index contributed by atoms with van der Waals surface area (Å²) in [4.78, 5) is 38.6. The molecule has 7 heteroatoms. The van der Waals surface area contributed by atoms with Gasteiger partial charge in [-0.1, -0.05) is 42.5 Å². The molecule has 0 spiro atoms. The fourth-order valence-electron chi connectivity index (χ4n) is 3.19. The molecular formula is C23H26N2O5. The molecule has 1 amide bonds. The number of esters is 1. The maximum Gasteiger partial charge on any atom is 0.419 e. The lowest BCUT2D eigenvalue weighted by molar-refractivity contribution is -0.154. The second kappa shape index (κ2) is 8.98. The molecule has 0 aliphatic rings. The second-order valence-corrected chi connectivity index (χ2v) is 8.03. The number of amides is 1. The zero-order valence-electron chi connectivity index (χ0n) is 17.5. The number of aromatic nitrogens is 1. The third-order valence-corrected chi connectivity index (χ3v) is 4.76. The van der Waals surface area contributed by atoms with Crippen molar-refractivity contribution in [3.05, 3.63) is 70.7 Å². The summed E-state index contributed by atoms with van der Waals surface area (Å²) in [6.07, 6.45) is -0.0368. The van der Waals surface area contributed by atoms with E-state index in [0.29, 0.717) is 17.6 Å². The zero-order valence-corrected chi connectivity index (χ0v) is 17.5. The molecule has 0 aliphatic heterocycles. The van der Waals surface area contributed by atoms with Gasteiger partial charge in [0.05, 0.1) is 11.9 Å². The lowest BCUT2D eigenvalue weighted by Crippen LogP contribution is -2.46. The number of benzene rings is 2. The molecule has 1 heterocycles. The van der Waals surface area contributed by atoms with Crippen molar-refractivity contribution in [2.24, 2.45) is 0 Å². The highest BCUT2D eigenvalue weighted by molar-refractivity contribution is 5.81. The van der Waals surface area contributed by atoms with Crippen LogP contribution in [-0.4, -0.2) is 33.5 Å². The van der Waals surface area contributed by atoms with Crippen LogP contribution in [0.4, 0.5) is 0 Å². The Hall–Kier alpha value is -3.35. The minimum Gasteiger partial charge on any atom is -0.456 e. The van der Waals surface area contributed by atoms with Gasteiger partial charge in [-0.25, -0.2) is 4.79 Å². The monoisotopic (exact) mass is 410 g/mol. The Morgan fingerprint density at radius 2 is 1.70 bits per heavy atom. The minimum absolute atomic E-state index is 0.0368. The van der Waals surface area contributed by atoms with Gasteiger partial charge in [0, 0.05) is 18.6 Å². The third kappa shape index (κ3) is 5.17. The van der Waals surface area contributed by atoms with Crippen LogP contribution in [0.5, 0.6) is 0 Å². The number of ether oxygens (including phenoxy) is 1. The molecule has 0 unspecified atom stereocenters. The Morgan fingerprint density at radius 1 is 1.03 bits per heavy atom. The Balaban J connectivity index is 1.57. The molecule has 7 nitrogen and oxygen atoms in total. The highest BCUT2D eigenvalue weighted by Crippen LogP contribution is 2.18. The van der Waals surface area contributed by atoms with Crippen LogP contribution in [-0.2, 0) is 27.4 Å². The lowest BCUT2D eigenvalue weighted by atomic mass is 10.0. The van der Waals surface area contributed by atoms with E-state index in [1.54, 1.807) is 29.2 Å². The lowest BCUT2D eigenvalue weighted by Gasteiger charge is -2.35. The first-order chi connectivity index (χ1) is 14.3. The number of carbonyl (C=O) groups is 2. The third-order valence-electron chi connectivity index (χ3n) is 4.76. The number of aryl methyl sites for hydroxylation is 1. The minimum atomic E-state index is -0.547. The van der Waals surface area contributed by atoms with Crippen molar-refractivity contribution in [3.63, 3.8) is 0 Å². The van der Waals surface area contributed by atoms with Gasteiger partial charge in [0.1, 0.15) is 0 Å². The fraction of sp³-hybridized carbons (Fsp3) is 0.348. The van der Waals surface area contributed by atoms with Gasteiger partial charge in [-0.2, -0.15) is 0 Å². The summed E-state index contributed by atoms with van der Waals surface area (Å²) in [6.45, 7) is 6.02. The van der Waals surface area contributed by atoms with E-state index in [1.165, 1.54) is 4.57 Å². The molecule has 0 atom stereocenters. The van der Waals surface area contributed by atoms with Crippen molar-refractivity contribution in [2.75, 3.05) is 6.61 Å². The first kappa shape index (κ1) is 21.4. The van der Waals surface area contributed by atoms with Crippen molar-refractivity contribution >= 4 is 23.0 Å². The van der Waals surface area contributed by atoms with Gasteiger partial charge in [-0.3, -0.25) is 14.2 Å². The van der Waals surface area contributed by atoms with Gasteiger partial charge in [0.15, 0.2) is 12.2 Å². The van der Waals surface area contributed by atoms with Gasteiger partial charge in [-0.15, -0.1) is 0 Å². The summed E-state index contributed by atoms with van der Waals surface area (Å²) in [5.41, 5.74) is 1.65. The molecule has 30 heavy (non-hydrogen) atoms. The molecular weight excluding hydrogens is 384 g/mol. The standard InChI is InChI=1S/C23H26N2O5/c1-23(2,3)25(15-17-9-5-4-6-10-17)20(26)16-29-21(27)13-14-24-18-11-7-8-12-19(18)30-22(24)28/h4-12H,13-16H2,1-3H3. The topological polar surface area (TPSA) is 81.8 Å². The molecule has 0 N–H and O–H groups in total. The van der Waals surface area contributed by atoms with E-state index in [1.807, 2.05) is 51.1 Å². The predicted molar refractivity (Wildman–Crippen MR) is 113 cm³/mol. The van der Waals surface area contributed by atoms with Crippen LogP contribution in [0.15, 0.2) is 63.8 Å². The maximum absolute atomic E-state index is 12.7. The van der Waals surface area contributed by atoms with E-state index in [-0.39, 0.29) is 25.5 Å². The fourth-order valence-corrected chi connectivity index (χ4v) is 3.19. The van der Waals surface area contributed by atoms with Crippen molar-refractivity contribution < 1.29 is 18.7 Å². The number of oxazole rings is 1. The molecule has 0 fully saturated rings. The Bertz CT molecular complexity index is 1080. The average Bonchev–Trinajstić information content (AvgIpc) is 3.03. The van der Waals surface area contributed by atoms with Crippen LogP contribution >= 0.6 is 0 Å². The van der Waals surface area contributed by atoms with E-state index >= 15 is 0 Å². The first-order valence-electron chi connectivity index (χ1n) is 9.84. The SMILES string of the molecule is CC(C)(C)N(Cc1ccccc1)C(=O)COC(=O)CCn1c(=O)oc2ccccc21. The number of rotatable bonds is 7. The molecule has 2 aromatic carbocycles. The molecule has 3 aromatic rings. The smallest absolute Gasteiger partial charge is 0.419 e. The van der Waals surface area contributed by atoms with Crippen LogP contribution < -0.4 is 5.76 Å². The molecule has 0 bridgehead atoms. The molecule has 3 rings (SSSR count). The van der Waals surface area contributed by atoms with E-state index in [0.717, 1.165) is 5.56 Å². The van der Waals surface area contributed by atoms with Crippen LogP contribution in [0.25, 0.3) is 11.1 Å². The first-order valence-corrected chi connectivity index (χ1v) is 9.84. The summed E-state index contributed by atoms with van der Waals surface area (Å²) < 4.78 is 11.7. The van der Waals surface area contributed by atoms with Crippen molar-refractivity contribution in [1.29, 1.82) is 0 Å². The molecule has 0 saturated carbocycles. The Kier molecular flexibility index (Phi) is 6.40. The largest absolute Gasteiger partial charge is 0.456 e. The van der Waals surface area contributed by atoms with Crippen LogP contribution in [0.3, 0.4) is 0 Å². The summed E-state index contributed by atoms with van der Waals surface area (Å²) >= 11 is 0. The number of hydrogen-bond acceptors (Lipinski definition) is 5. The zero-order chi connectivity index (χ0) is 21.7. The summed E-state index contributed by atoms with van der Waals surface area (Å²) in [7, 11) is 0. The Morgan fingerprint density at radius 3 is 2.40 bits per heavy atom. The summed E-state index contributed by atoms with van der Waals surface area (Å²) in [5, 5.41) is 0. The molecule has 0 radical (unpaired) electrons. The number of hydrogen-bond donors (Lipinski definition) is 0. The van der Waals surface area contributed by atoms with Crippen LogP contribution in [0, 0.1) is 0 Å². The van der Waals surface area contributed by atoms with E-state index in [9.17, 15) is 14.4 Å². The quantitative estimate of drug-likeness (QED) is 0.558. The normalized spacial score (nSPS) is 11.4. The van der Waals surface area contributed by atoms with Crippen molar-refractivity contribution in [1.82, 2.24) is 9.47 Å². The summed E-state index contributed by atoms with van der Waals surface area (Å²) in [6, 6.07) is 16.7. The molecule has 158 valence electrons. The summed E-state index contributed by atoms with van der Waals surface area (Å²) in [5.74, 6) is -1.35. The van der Waals surface area contributed by atoms with Gasteiger partial charge < -0.3 is 14.1 Å². The molecule has 0 saturated heterocycles. The van der Waals surface area contributed by atoms with Gasteiger partial charge in [0.2, 0.25) is 0 Å². The number of carbonyl (C=O) groups excluding carboxylic acids is 2. The van der Waals surface area contributed by atoms with E-state index < -0.39 is 17.3 Å². The highest BCUT2D eigenvalue weighted by Gasteiger charge is 2.27. The number of para-hydroxylation sites is 2. The number of nitrogens with zero attached hydrogens (tertiary/aromatic N) is 2. The molecule has 0 aliphatic carbocycles. The van der Waals surface area contributed by atoms with E-state index in [4.69, 9.17) is 9.15 Å². The Labute approximate surface area is 174 Å². The average molecular weight is 410 g/mol. The van der Waals surface area contributed by atoms with Crippen molar-refractivity contribution in [3.8, 4) is 0 Å². The molecule has 1 aromatic heterocycles. The second-order valence-electron chi connectivity index (χ2n) is 8.03. The van der Waals surface area contributed by atoms with Gasteiger partial charge in [-0.05, 0) is 38.5 Å². The van der Waals surface area contributed by atoms with Gasteiger partial charge >= 0.3 is 11.7 Å². The van der Waals surface area contributed by atoms with Crippen LogP contribution in [0.1, 0.15) is 32.8 Å². The van der Waals surface area contributed by atoms with Crippen LogP contribution in [0.2, 0.25) is 0 Å². The van der Waals surface area contributed by atoms with Crippen molar-refractivity contribution in [2.45, 2.75) is 45.8 Å². The van der Waals surface area contributed by atoms with Gasteiger partial charge in [0.25, 0.3) is 5.91 Å². The van der Waals surface area contributed by atoms with E-state index in [2.05, 4.69) is 0 Å². The number of fused-ring (bicyclic) bond motifs is 1. The maximum atomic E-state index is 12.7. The highest BCUT2D eigenvalue weighted by atomic mass is 16.5. The predicted octanol–water partition coefficient (Wildman–Crippen LogP) is 3.36.